The molecule has 0 aromatic carbocycles. The molecule has 1 aromatic heterocycles. The molecule has 0 saturated carbocycles. The summed E-state index contributed by atoms with van der Waals surface area (Å²) in [6.07, 6.45) is 3.32. The lowest BCUT2D eigenvalue weighted by molar-refractivity contribution is 0.0756. The predicted molar refractivity (Wildman–Crippen MR) is 50.8 cm³/mol. The molecule has 2 heterocycles. The number of aryl methyl sites for hydroxylation is 1. The summed E-state index contributed by atoms with van der Waals surface area (Å²) in [7, 11) is 1.94. The van der Waals surface area contributed by atoms with Crippen molar-refractivity contribution in [3.63, 3.8) is 0 Å². The standard InChI is InChI=1S/C9H12N4O/c1-12-3-2-11-9(12)13-4-5-14-8(6-10)7-13/h2-3,8H,4-5,7H2,1H3. The molecule has 74 valence electrons. The summed E-state index contributed by atoms with van der Waals surface area (Å²) in [5, 5.41) is 8.75. The van der Waals surface area contributed by atoms with Crippen molar-refractivity contribution in [2.24, 2.45) is 7.05 Å². The number of anilines is 1. The van der Waals surface area contributed by atoms with Gasteiger partial charge in [0.05, 0.1) is 19.2 Å². The Morgan fingerprint density at radius 1 is 1.71 bits per heavy atom. The molecule has 5 heteroatoms. The Hall–Kier alpha value is -1.54. The lowest BCUT2D eigenvalue weighted by Crippen LogP contribution is -2.42. The van der Waals surface area contributed by atoms with E-state index in [-0.39, 0.29) is 6.10 Å². The molecule has 1 saturated heterocycles. The third-order valence-corrected chi connectivity index (χ3v) is 2.29. The van der Waals surface area contributed by atoms with Crippen molar-refractivity contribution in [3.05, 3.63) is 12.4 Å². The fourth-order valence-corrected chi connectivity index (χ4v) is 1.57. The van der Waals surface area contributed by atoms with Crippen molar-refractivity contribution in [3.8, 4) is 6.07 Å². The highest BCUT2D eigenvalue weighted by atomic mass is 16.5. The van der Waals surface area contributed by atoms with Crippen LogP contribution < -0.4 is 4.90 Å². The van der Waals surface area contributed by atoms with E-state index < -0.39 is 0 Å². The maximum atomic E-state index is 8.75. The molecule has 5 nitrogen and oxygen atoms in total. The van der Waals surface area contributed by atoms with Crippen molar-refractivity contribution >= 4 is 5.95 Å². The average molecular weight is 192 g/mol. The van der Waals surface area contributed by atoms with Gasteiger partial charge < -0.3 is 14.2 Å². The van der Waals surface area contributed by atoms with Crippen LogP contribution in [-0.2, 0) is 11.8 Å². The second kappa shape index (κ2) is 3.68. The largest absolute Gasteiger partial charge is 0.360 e. The predicted octanol–water partition coefficient (Wildman–Crippen LogP) is 0.149. The zero-order valence-electron chi connectivity index (χ0n) is 8.05. The minimum atomic E-state index is -0.333. The summed E-state index contributed by atoms with van der Waals surface area (Å²) in [5.41, 5.74) is 0. The Balaban J connectivity index is 2.12. The van der Waals surface area contributed by atoms with Gasteiger partial charge in [-0.3, -0.25) is 0 Å². The number of imidazole rings is 1. The maximum Gasteiger partial charge on any atom is 0.205 e. The van der Waals surface area contributed by atoms with Crippen molar-refractivity contribution in [2.45, 2.75) is 6.10 Å². The van der Waals surface area contributed by atoms with Gasteiger partial charge >= 0.3 is 0 Å². The van der Waals surface area contributed by atoms with Gasteiger partial charge in [-0.15, -0.1) is 0 Å². The summed E-state index contributed by atoms with van der Waals surface area (Å²) in [4.78, 5) is 6.30. The normalized spacial score (nSPS) is 22.0. The van der Waals surface area contributed by atoms with Crippen molar-refractivity contribution in [2.75, 3.05) is 24.6 Å². The molecule has 1 aliphatic heterocycles. The van der Waals surface area contributed by atoms with Gasteiger partial charge in [0.2, 0.25) is 5.95 Å². The van der Waals surface area contributed by atoms with E-state index in [1.54, 1.807) is 6.20 Å². The van der Waals surface area contributed by atoms with Crippen LogP contribution in [-0.4, -0.2) is 35.4 Å². The Morgan fingerprint density at radius 2 is 2.57 bits per heavy atom. The van der Waals surface area contributed by atoms with Crippen LogP contribution in [0.5, 0.6) is 0 Å². The molecule has 1 aliphatic rings. The van der Waals surface area contributed by atoms with Crippen LogP contribution in [0.25, 0.3) is 0 Å². The first-order chi connectivity index (χ1) is 6.81. The number of aromatic nitrogens is 2. The molecule has 0 spiro atoms. The van der Waals surface area contributed by atoms with Gasteiger partial charge in [0.25, 0.3) is 0 Å². The molecular formula is C9H12N4O. The van der Waals surface area contributed by atoms with Gasteiger partial charge in [0.1, 0.15) is 0 Å². The number of hydrogen-bond acceptors (Lipinski definition) is 4. The fraction of sp³-hybridized carbons (Fsp3) is 0.556. The zero-order valence-corrected chi connectivity index (χ0v) is 8.05. The minimum absolute atomic E-state index is 0.333. The van der Waals surface area contributed by atoms with Crippen molar-refractivity contribution in [1.29, 1.82) is 5.26 Å². The van der Waals surface area contributed by atoms with E-state index in [2.05, 4.69) is 16.0 Å². The first kappa shape index (κ1) is 9.03. The molecule has 1 fully saturated rings. The van der Waals surface area contributed by atoms with Crippen LogP contribution in [0.15, 0.2) is 12.4 Å². The number of ether oxygens (including phenoxy) is 1. The van der Waals surface area contributed by atoms with E-state index in [0.717, 1.165) is 12.5 Å². The third kappa shape index (κ3) is 1.56. The fourth-order valence-electron chi connectivity index (χ4n) is 1.57. The van der Waals surface area contributed by atoms with Crippen LogP contribution in [0.2, 0.25) is 0 Å². The number of rotatable bonds is 1. The first-order valence-electron chi connectivity index (χ1n) is 4.55. The van der Waals surface area contributed by atoms with Crippen molar-refractivity contribution in [1.82, 2.24) is 9.55 Å². The van der Waals surface area contributed by atoms with Gasteiger partial charge in [-0.05, 0) is 0 Å². The molecule has 0 N–H and O–H groups in total. The van der Waals surface area contributed by atoms with E-state index in [0.29, 0.717) is 13.2 Å². The summed E-state index contributed by atoms with van der Waals surface area (Å²) in [6.45, 7) is 1.98. The minimum Gasteiger partial charge on any atom is -0.360 e. The maximum absolute atomic E-state index is 8.75. The zero-order chi connectivity index (χ0) is 9.97. The van der Waals surface area contributed by atoms with E-state index in [1.807, 2.05) is 17.8 Å². The molecule has 0 aliphatic carbocycles. The number of morpholine rings is 1. The molecular weight excluding hydrogens is 180 g/mol. The Bertz CT molecular complexity index is 354. The lowest BCUT2D eigenvalue weighted by atomic mass is 10.3. The number of hydrogen-bond donors (Lipinski definition) is 0. The van der Waals surface area contributed by atoms with Crippen molar-refractivity contribution < 1.29 is 4.74 Å². The number of nitrogens with zero attached hydrogens (tertiary/aromatic N) is 4. The number of nitriles is 1. The van der Waals surface area contributed by atoms with Gasteiger partial charge in [-0.25, -0.2) is 4.98 Å². The monoisotopic (exact) mass is 192 g/mol. The summed E-state index contributed by atoms with van der Waals surface area (Å²) in [6, 6.07) is 2.11. The molecule has 1 aromatic rings. The highest BCUT2D eigenvalue weighted by Crippen LogP contribution is 2.13. The third-order valence-electron chi connectivity index (χ3n) is 2.29. The molecule has 14 heavy (non-hydrogen) atoms. The Kier molecular flexibility index (Phi) is 2.37. The van der Waals surface area contributed by atoms with Gasteiger partial charge in [0.15, 0.2) is 6.10 Å². The van der Waals surface area contributed by atoms with Crippen LogP contribution in [0.4, 0.5) is 5.95 Å². The van der Waals surface area contributed by atoms with E-state index >= 15 is 0 Å². The smallest absolute Gasteiger partial charge is 0.205 e. The van der Waals surface area contributed by atoms with Crippen LogP contribution >= 0.6 is 0 Å². The first-order valence-corrected chi connectivity index (χ1v) is 4.55. The van der Waals surface area contributed by atoms with Crippen LogP contribution in [0.1, 0.15) is 0 Å². The molecule has 0 radical (unpaired) electrons. The van der Waals surface area contributed by atoms with Crippen LogP contribution in [0, 0.1) is 11.3 Å². The highest BCUT2D eigenvalue weighted by molar-refractivity contribution is 5.32. The molecule has 2 rings (SSSR count). The molecule has 1 unspecified atom stereocenters. The lowest BCUT2D eigenvalue weighted by Gasteiger charge is -2.30. The molecule has 1 atom stereocenters. The van der Waals surface area contributed by atoms with E-state index in [1.165, 1.54) is 0 Å². The summed E-state index contributed by atoms with van der Waals surface area (Å²) < 4.78 is 7.20. The van der Waals surface area contributed by atoms with Gasteiger partial charge in [-0.2, -0.15) is 5.26 Å². The quantitative estimate of drug-likeness (QED) is 0.635. The highest BCUT2D eigenvalue weighted by Gasteiger charge is 2.22. The van der Waals surface area contributed by atoms with E-state index in [9.17, 15) is 0 Å². The van der Waals surface area contributed by atoms with Crippen LogP contribution in [0.3, 0.4) is 0 Å². The Morgan fingerprint density at radius 3 is 3.21 bits per heavy atom. The molecule has 0 amide bonds. The second-order valence-electron chi connectivity index (χ2n) is 3.27. The summed E-state index contributed by atoms with van der Waals surface area (Å²) >= 11 is 0. The second-order valence-corrected chi connectivity index (χ2v) is 3.27. The average Bonchev–Trinajstić information content (AvgIpc) is 2.65. The SMILES string of the molecule is Cn1ccnc1N1CCOC(C#N)C1. The van der Waals surface area contributed by atoms with Gasteiger partial charge in [-0.1, -0.05) is 0 Å². The Labute approximate surface area is 82.5 Å². The van der Waals surface area contributed by atoms with Gasteiger partial charge in [0, 0.05) is 26.0 Å². The van der Waals surface area contributed by atoms with E-state index in [4.69, 9.17) is 10.00 Å². The summed E-state index contributed by atoms with van der Waals surface area (Å²) in [5.74, 6) is 0.897. The topological polar surface area (TPSA) is 54.1 Å². The molecule has 0 bridgehead atoms.